The minimum absolute atomic E-state index is 0.00226. The van der Waals surface area contributed by atoms with Gasteiger partial charge >= 0.3 is 0 Å². The monoisotopic (exact) mass is 487 g/mol. The lowest BCUT2D eigenvalue weighted by Crippen LogP contribution is -2.41. The molecule has 180 valence electrons. The average Bonchev–Trinajstić information content (AvgIpc) is 3.44. The molecule has 2 N–H and O–H groups in total. The van der Waals surface area contributed by atoms with Gasteiger partial charge in [0.25, 0.3) is 5.91 Å². The van der Waals surface area contributed by atoms with E-state index in [9.17, 15) is 9.59 Å². The molecule has 2 aromatic carbocycles. The molecule has 2 heterocycles. The molecule has 1 unspecified atom stereocenters. The van der Waals surface area contributed by atoms with E-state index in [0.29, 0.717) is 10.7 Å². The van der Waals surface area contributed by atoms with Gasteiger partial charge in [0.2, 0.25) is 5.91 Å². The molecular formula is C27H29N5O2S. The topological polar surface area (TPSA) is 88.9 Å². The number of benzene rings is 2. The van der Waals surface area contributed by atoms with Gasteiger partial charge in [-0.3, -0.25) is 9.59 Å². The van der Waals surface area contributed by atoms with E-state index in [2.05, 4.69) is 36.4 Å². The number of nitrogens with zero attached hydrogens (tertiary/aromatic N) is 3. The zero-order valence-electron chi connectivity index (χ0n) is 20.5. The van der Waals surface area contributed by atoms with E-state index >= 15 is 0 Å². The second kappa shape index (κ2) is 9.84. The SMILES string of the molecule is CC(NC(=O)c1ccc(C(C)(C)C)cc1)C(=O)Nc1nc(-c2ccccc2)c(-c2nccn2C)s1. The van der Waals surface area contributed by atoms with E-state index < -0.39 is 6.04 Å². The number of rotatable bonds is 6. The van der Waals surface area contributed by atoms with Crippen LogP contribution in [0.4, 0.5) is 5.13 Å². The lowest BCUT2D eigenvalue weighted by atomic mass is 9.86. The Balaban J connectivity index is 1.50. The van der Waals surface area contributed by atoms with Crippen LogP contribution in [-0.4, -0.2) is 32.4 Å². The van der Waals surface area contributed by atoms with E-state index in [0.717, 1.165) is 27.5 Å². The molecule has 0 aliphatic heterocycles. The molecule has 35 heavy (non-hydrogen) atoms. The molecule has 1 atom stereocenters. The van der Waals surface area contributed by atoms with Crippen LogP contribution in [0.5, 0.6) is 0 Å². The number of carbonyl (C=O) groups is 2. The fourth-order valence-corrected chi connectivity index (χ4v) is 4.61. The third-order valence-corrected chi connectivity index (χ3v) is 6.65. The van der Waals surface area contributed by atoms with Crippen molar-refractivity contribution in [3.8, 4) is 22.0 Å². The predicted octanol–water partition coefficient (Wildman–Crippen LogP) is 5.27. The number of imidazole rings is 1. The highest BCUT2D eigenvalue weighted by atomic mass is 32.1. The molecule has 0 fully saturated rings. The van der Waals surface area contributed by atoms with Gasteiger partial charge in [-0.2, -0.15) is 0 Å². The number of aromatic nitrogens is 3. The van der Waals surface area contributed by atoms with E-state index in [1.807, 2.05) is 60.3 Å². The number of hydrogen-bond acceptors (Lipinski definition) is 5. The van der Waals surface area contributed by atoms with Crippen LogP contribution in [0.25, 0.3) is 22.0 Å². The maximum Gasteiger partial charge on any atom is 0.251 e. The molecule has 8 heteroatoms. The van der Waals surface area contributed by atoms with E-state index in [1.165, 1.54) is 11.3 Å². The van der Waals surface area contributed by atoms with Crippen molar-refractivity contribution < 1.29 is 9.59 Å². The van der Waals surface area contributed by atoms with Crippen molar-refractivity contribution in [2.75, 3.05) is 5.32 Å². The normalized spacial score (nSPS) is 12.3. The van der Waals surface area contributed by atoms with Crippen molar-refractivity contribution >= 4 is 28.3 Å². The van der Waals surface area contributed by atoms with Gasteiger partial charge < -0.3 is 15.2 Å². The van der Waals surface area contributed by atoms with E-state index in [4.69, 9.17) is 4.98 Å². The van der Waals surface area contributed by atoms with Crippen molar-refractivity contribution in [3.05, 3.63) is 78.1 Å². The summed E-state index contributed by atoms with van der Waals surface area (Å²) in [6.45, 7) is 8.02. The van der Waals surface area contributed by atoms with Crippen LogP contribution in [-0.2, 0) is 17.3 Å². The molecule has 0 aliphatic carbocycles. The van der Waals surface area contributed by atoms with Gasteiger partial charge in [-0.1, -0.05) is 74.6 Å². The number of amides is 2. The number of thiazole rings is 1. The third kappa shape index (κ3) is 5.49. The first-order valence-corrected chi connectivity index (χ1v) is 12.2. The van der Waals surface area contributed by atoms with Gasteiger partial charge in [0.15, 0.2) is 11.0 Å². The molecule has 0 radical (unpaired) electrons. The van der Waals surface area contributed by atoms with Crippen LogP contribution in [0.3, 0.4) is 0 Å². The molecule has 4 aromatic rings. The van der Waals surface area contributed by atoms with Gasteiger partial charge in [-0.05, 0) is 30.0 Å². The Kier molecular flexibility index (Phi) is 6.84. The Morgan fingerprint density at radius 1 is 1.03 bits per heavy atom. The predicted molar refractivity (Wildman–Crippen MR) is 140 cm³/mol. The van der Waals surface area contributed by atoms with E-state index in [1.54, 1.807) is 25.3 Å². The Bertz CT molecular complexity index is 1330. The summed E-state index contributed by atoms with van der Waals surface area (Å²) in [7, 11) is 1.92. The Morgan fingerprint density at radius 3 is 2.31 bits per heavy atom. The largest absolute Gasteiger partial charge is 0.341 e. The number of nitrogens with one attached hydrogen (secondary N) is 2. The molecule has 0 spiro atoms. The first-order chi connectivity index (χ1) is 16.6. The summed E-state index contributed by atoms with van der Waals surface area (Å²) in [4.78, 5) is 35.6. The maximum absolute atomic E-state index is 12.9. The summed E-state index contributed by atoms with van der Waals surface area (Å²) in [5, 5.41) is 6.08. The van der Waals surface area contributed by atoms with Gasteiger partial charge in [-0.25, -0.2) is 9.97 Å². The minimum atomic E-state index is -0.745. The molecule has 0 saturated heterocycles. The van der Waals surface area contributed by atoms with Crippen molar-refractivity contribution in [2.24, 2.45) is 7.05 Å². The van der Waals surface area contributed by atoms with Crippen LogP contribution < -0.4 is 10.6 Å². The smallest absolute Gasteiger partial charge is 0.251 e. The van der Waals surface area contributed by atoms with Crippen molar-refractivity contribution in [1.29, 1.82) is 0 Å². The second-order valence-corrected chi connectivity index (χ2v) is 10.4. The average molecular weight is 488 g/mol. The van der Waals surface area contributed by atoms with Crippen molar-refractivity contribution in [2.45, 2.75) is 39.2 Å². The van der Waals surface area contributed by atoms with Crippen molar-refractivity contribution in [3.63, 3.8) is 0 Å². The summed E-state index contributed by atoms with van der Waals surface area (Å²) in [6, 6.07) is 16.5. The molecule has 7 nitrogen and oxygen atoms in total. The summed E-state index contributed by atoms with van der Waals surface area (Å²) in [6.07, 6.45) is 3.60. The molecule has 0 saturated carbocycles. The summed E-state index contributed by atoms with van der Waals surface area (Å²) in [5.41, 5.74) is 3.33. The number of hydrogen-bond donors (Lipinski definition) is 2. The van der Waals surface area contributed by atoms with Gasteiger partial charge in [0.1, 0.15) is 6.04 Å². The Hall–Kier alpha value is -3.78. The van der Waals surface area contributed by atoms with Gasteiger partial charge in [0, 0.05) is 30.6 Å². The standard InChI is InChI=1S/C27H29N5O2S/c1-17(29-25(34)19-11-13-20(14-12-19)27(2,3)4)24(33)31-26-30-21(18-9-7-6-8-10-18)22(35-26)23-28-15-16-32(23)5/h6-17H,1-5H3,(H,29,34)(H,30,31,33). The zero-order valence-corrected chi connectivity index (χ0v) is 21.3. The fourth-order valence-electron chi connectivity index (χ4n) is 3.58. The Labute approximate surface area is 209 Å². The van der Waals surface area contributed by atoms with E-state index in [-0.39, 0.29) is 17.2 Å². The lowest BCUT2D eigenvalue weighted by Gasteiger charge is -2.19. The molecule has 0 bridgehead atoms. The zero-order chi connectivity index (χ0) is 25.2. The van der Waals surface area contributed by atoms with Crippen LogP contribution in [0.2, 0.25) is 0 Å². The lowest BCUT2D eigenvalue weighted by molar-refractivity contribution is -0.117. The van der Waals surface area contributed by atoms with Gasteiger partial charge in [0.05, 0.1) is 10.6 Å². The molecular weight excluding hydrogens is 458 g/mol. The van der Waals surface area contributed by atoms with Crippen LogP contribution >= 0.6 is 11.3 Å². The summed E-state index contributed by atoms with van der Waals surface area (Å²) in [5.74, 6) is 0.122. The molecule has 4 rings (SSSR count). The highest BCUT2D eigenvalue weighted by Crippen LogP contribution is 2.38. The maximum atomic E-state index is 12.9. The molecule has 2 aromatic heterocycles. The minimum Gasteiger partial charge on any atom is -0.341 e. The number of aryl methyl sites for hydroxylation is 1. The van der Waals surface area contributed by atoms with Crippen molar-refractivity contribution in [1.82, 2.24) is 19.9 Å². The highest BCUT2D eigenvalue weighted by Gasteiger charge is 2.22. The molecule has 0 aliphatic rings. The summed E-state index contributed by atoms with van der Waals surface area (Å²) < 4.78 is 1.92. The Morgan fingerprint density at radius 2 is 1.71 bits per heavy atom. The third-order valence-electron chi connectivity index (χ3n) is 5.68. The van der Waals surface area contributed by atoms with Crippen LogP contribution in [0, 0.1) is 0 Å². The number of carbonyl (C=O) groups excluding carboxylic acids is 2. The van der Waals surface area contributed by atoms with Crippen LogP contribution in [0.15, 0.2) is 67.0 Å². The first kappa shape index (κ1) is 24.3. The second-order valence-electron chi connectivity index (χ2n) is 9.44. The summed E-state index contributed by atoms with van der Waals surface area (Å²) >= 11 is 1.35. The highest BCUT2D eigenvalue weighted by molar-refractivity contribution is 7.19. The van der Waals surface area contributed by atoms with Crippen LogP contribution in [0.1, 0.15) is 43.6 Å². The quantitative estimate of drug-likeness (QED) is 0.388. The first-order valence-electron chi connectivity index (χ1n) is 11.4. The number of anilines is 1. The fraction of sp³-hybridized carbons (Fsp3) is 0.259. The molecule has 2 amide bonds. The van der Waals surface area contributed by atoms with Gasteiger partial charge in [-0.15, -0.1) is 0 Å².